The van der Waals surface area contributed by atoms with Gasteiger partial charge in [0, 0.05) is 22.9 Å². The smallest absolute Gasteiger partial charge is 0.306 e. The van der Waals surface area contributed by atoms with Gasteiger partial charge in [0.25, 0.3) is 0 Å². The second kappa shape index (κ2) is 7.20. The van der Waals surface area contributed by atoms with Crippen LogP contribution < -0.4 is 10.2 Å². The van der Waals surface area contributed by atoms with Crippen molar-refractivity contribution in [1.82, 2.24) is 9.97 Å². The highest BCUT2D eigenvalue weighted by atomic mass is 32.1. The summed E-state index contributed by atoms with van der Waals surface area (Å²) in [5.41, 5.74) is 1.70. The molecule has 0 aromatic carbocycles. The Morgan fingerprint density at radius 3 is 3.00 bits per heavy atom. The number of ether oxygens (including phenoxy) is 1. The van der Waals surface area contributed by atoms with E-state index < -0.39 is 0 Å². The third kappa shape index (κ3) is 4.46. The van der Waals surface area contributed by atoms with Gasteiger partial charge in [-0.05, 0) is 6.92 Å². The zero-order valence-electron chi connectivity index (χ0n) is 11.0. The zero-order valence-corrected chi connectivity index (χ0v) is 12.6. The molecule has 20 heavy (non-hydrogen) atoms. The number of aryl methyl sites for hydroxylation is 1. The van der Waals surface area contributed by atoms with Crippen LogP contribution in [0.15, 0.2) is 15.6 Å². The lowest BCUT2D eigenvalue weighted by Gasteiger charge is -2.00. The van der Waals surface area contributed by atoms with Gasteiger partial charge in [0.1, 0.15) is 0 Å². The normalized spacial score (nSPS) is 10.4. The van der Waals surface area contributed by atoms with Crippen molar-refractivity contribution in [2.75, 3.05) is 11.9 Å². The number of H-pyrrole nitrogens is 1. The van der Waals surface area contributed by atoms with Crippen LogP contribution in [0.4, 0.5) is 5.13 Å². The summed E-state index contributed by atoms with van der Waals surface area (Å²) in [6, 6.07) is 0. The number of hydrogen-bond donors (Lipinski definition) is 2. The van der Waals surface area contributed by atoms with E-state index in [0.29, 0.717) is 26.0 Å². The Morgan fingerprint density at radius 1 is 1.45 bits per heavy atom. The van der Waals surface area contributed by atoms with Crippen molar-refractivity contribution in [1.29, 1.82) is 0 Å². The van der Waals surface area contributed by atoms with E-state index in [1.165, 1.54) is 11.3 Å². The first-order chi connectivity index (χ1) is 9.67. The maximum atomic E-state index is 11.2. The molecule has 0 saturated heterocycles. The van der Waals surface area contributed by atoms with Crippen LogP contribution in [0.3, 0.4) is 0 Å². The van der Waals surface area contributed by atoms with E-state index in [4.69, 9.17) is 4.74 Å². The fourth-order valence-corrected chi connectivity index (χ4v) is 2.86. The molecule has 0 bridgehead atoms. The zero-order chi connectivity index (χ0) is 14.4. The van der Waals surface area contributed by atoms with Crippen LogP contribution in [0.2, 0.25) is 0 Å². The molecule has 0 aliphatic carbocycles. The summed E-state index contributed by atoms with van der Waals surface area (Å²) < 4.78 is 4.87. The summed E-state index contributed by atoms with van der Waals surface area (Å²) in [5, 5.41) is 7.61. The lowest BCUT2D eigenvalue weighted by atomic mass is 10.2. The quantitative estimate of drug-likeness (QED) is 0.764. The molecule has 0 atom stereocenters. The third-order valence-electron chi connectivity index (χ3n) is 2.44. The number of aromatic nitrogens is 2. The van der Waals surface area contributed by atoms with Gasteiger partial charge in [0.2, 0.25) is 0 Å². The first-order valence-electron chi connectivity index (χ1n) is 6.18. The minimum atomic E-state index is -0.203. The highest BCUT2D eigenvalue weighted by Crippen LogP contribution is 2.17. The molecular weight excluding hydrogens is 298 g/mol. The number of carbonyl (C=O) groups is 1. The van der Waals surface area contributed by atoms with Gasteiger partial charge >= 0.3 is 10.8 Å². The number of nitrogens with zero attached hydrogens (tertiary/aromatic N) is 1. The highest BCUT2D eigenvalue weighted by molar-refractivity contribution is 7.13. The number of nitrogens with one attached hydrogen (secondary N) is 2. The van der Waals surface area contributed by atoms with Gasteiger partial charge in [-0.1, -0.05) is 11.3 Å². The molecule has 2 aromatic rings. The molecule has 0 spiro atoms. The van der Waals surface area contributed by atoms with Gasteiger partial charge in [-0.15, -0.1) is 11.3 Å². The molecule has 2 heterocycles. The molecule has 2 N–H and O–H groups in total. The van der Waals surface area contributed by atoms with Crippen LogP contribution in [0.1, 0.15) is 24.7 Å². The molecule has 0 aliphatic heterocycles. The Morgan fingerprint density at radius 2 is 2.30 bits per heavy atom. The third-order valence-corrected chi connectivity index (χ3v) is 4.01. The number of rotatable bonds is 7. The maximum absolute atomic E-state index is 11.2. The van der Waals surface area contributed by atoms with Gasteiger partial charge < -0.3 is 15.0 Å². The number of thiazole rings is 2. The largest absolute Gasteiger partial charge is 0.466 e. The van der Waals surface area contributed by atoms with Gasteiger partial charge in [-0.3, -0.25) is 9.59 Å². The van der Waals surface area contributed by atoms with Crippen LogP contribution in [0.5, 0.6) is 0 Å². The number of hydrogen-bond acceptors (Lipinski definition) is 7. The monoisotopic (exact) mass is 313 g/mol. The lowest BCUT2D eigenvalue weighted by molar-refractivity contribution is -0.143. The van der Waals surface area contributed by atoms with Crippen molar-refractivity contribution >= 4 is 33.8 Å². The highest BCUT2D eigenvalue weighted by Gasteiger charge is 2.06. The van der Waals surface area contributed by atoms with E-state index in [1.54, 1.807) is 12.3 Å². The minimum absolute atomic E-state index is 0.0592. The van der Waals surface area contributed by atoms with Crippen LogP contribution in [-0.4, -0.2) is 22.5 Å². The molecule has 6 nitrogen and oxygen atoms in total. The summed E-state index contributed by atoms with van der Waals surface area (Å²) >= 11 is 2.62. The minimum Gasteiger partial charge on any atom is -0.466 e. The molecule has 2 rings (SSSR count). The van der Waals surface area contributed by atoms with Crippen LogP contribution >= 0.6 is 22.7 Å². The molecule has 0 saturated carbocycles. The van der Waals surface area contributed by atoms with E-state index in [9.17, 15) is 9.59 Å². The standard InChI is InChI=1S/C12H15N3O3S2/c1-2-18-10(16)4-3-8-6-19-11(14-8)13-5-9-7-20-12(17)15-9/h6-7H,2-5H2,1H3,(H,13,14)(H,15,17). The van der Waals surface area contributed by atoms with Gasteiger partial charge in [-0.2, -0.15) is 0 Å². The topological polar surface area (TPSA) is 84.1 Å². The first-order valence-corrected chi connectivity index (χ1v) is 7.94. The van der Waals surface area contributed by atoms with Crippen LogP contribution in [-0.2, 0) is 22.5 Å². The van der Waals surface area contributed by atoms with E-state index in [0.717, 1.165) is 27.9 Å². The van der Waals surface area contributed by atoms with Crippen LogP contribution in [0.25, 0.3) is 0 Å². The molecule has 0 amide bonds. The first kappa shape index (κ1) is 14.7. The average molecular weight is 313 g/mol. The number of carbonyl (C=O) groups excluding carboxylic acids is 1. The second-order valence-corrected chi connectivity index (χ2v) is 5.68. The van der Waals surface area contributed by atoms with Crippen molar-refractivity contribution in [3.8, 4) is 0 Å². The molecule has 2 aromatic heterocycles. The van der Waals surface area contributed by atoms with Crippen molar-refractivity contribution in [3.63, 3.8) is 0 Å². The molecule has 0 aliphatic rings. The Bertz CT molecular complexity index is 617. The average Bonchev–Trinajstić information content (AvgIpc) is 3.03. The summed E-state index contributed by atoms with van der Waals surface area (Å²) in [6.45, 7) is 2.72. The Labute approximate surface area is 123 Å². The van der Waals surface area contributed by atoms with Crippen molar-refractivity contribution < 1.29 is 9.53 Å². The van der Waals surface area contributed by atoms with Crippen molar-refractivity contribution in [2.24, 2.45) is 0 Å². The number of anilines is 1. The molecule has 108 valence electrons. The summed E-state index contributed by atoms with van der Waals surface area (Å²) in [7, 11) is 0. The molecular formula is C12H15N3O3S2. The number of aromatic amines is 1. The van der Waals surface area contributed by atoms with Crippen molar-refractivity contribution in [3.05, 3.63) is 31.8 Å². The summed E-state index contributed by atoms with van der Waals surface area (Å²) in [4.78, 5) is 29.3. The second-order valence-electron chi connectivity index (χ2n) is 3.98. The molecule has 0 unspecified atom stereocenters. The maximum Gasteiger partial charge on any atom is 0.306 e. The fraction of sp³-hybridized carbons (Fsp3) is 0.417. The molecule has 8 heteroatoms. The Balaban J connectivity index is 1.80. The van der Waals surface area contributed by atoms with E-state index in [2.05, 4.69) is 15.3 Å². The van der Waals surface area contributed by atoms with E-state index in [-0.39, 0.29) is 10.8 Å². The molecule has 0 fully saturated rings. The number of esters is 1. The Hall–Kier alpha value is -1.67. The van der Waals surface area contributed by atoms with E-state index >= 15 is 0 Å². The lowest BCUT2D eigenvalue weighted by Crippen LogP contribution is -2.05. The van der Waals surface area contributed by atoms with Crippen molar-refractivity contribution in [2.45, 2.75) is 26.3 Å². The SMILES string of the molecule is CCOC(=O)CCc1csc(NCc2csc(=O)[nH]2)n1. The van der Waals surface area contributed by atoms with E-state index in [1.807, 2.05) is 5.38 Å². The fourth-order valence-electron chi connectivity index (χ4n) is 1.54. The Kier molecular flexibility index (Phi) is 5.31. The summed E-state index contributed by atoms with van der Waals surface area (Å²) in [6.07, 6.45) is 0.918. The van der Waals surface area contributed by atoms with Crippen LogP contribution in [0, 0.1) is 0 Å². The van der Waals surface area contributed by atoms with Gasteiger partial charge in [0.15, 0.2) is 5.13 Å². The predicted molar refractivity (Wildman–Crippen MR) is 79.3 cm³/mol. The summed E-state index contributed by atoms with van der Waals surface area (Å²) in [5.74, 6) is -0.203. The molecule has 0 radical (unpaired) electrons. The van der Waals surface area contributed by atoms with Gasteiger partial charge in [0.05, 0.1) is 25.3 Å². The predicted octanol–water partition coefficient (Wildman–Crippen LogP) is 2.00. The van der Waals surface area contributed by atoms with Gasteiger partial charge in [-0.25, -0.2) is 4.98 Å².